The van der Waals surface area contributed by atoms with Crippen molar-refractivity contribution in [2.24, 2.45) is 20.0 Å². The molecule has 8 heteroatoms. The van der Waals surface area contributed by atoms with Crippen molar-refractivity contribution >= 4 is 11.2 Å². The van der Waals surface area contributed by atoms with Crippen LogP contribution in [-0.4, -0.2) is 48.9 Å². The first kappa shape index (κ1) is 18.8. The fraction of sp³-hybridized carbons (Fsp3) is 0.722. The number of morpholine rings is 1. The lowest BCUT2D eigenvalue weighted by molar-refractivity contribution is -0.0712. The van der Waals surface area contributed by atoms with Crippen LogP contribution in [0.2, 0.25) is 0 Å². The molecule has 1 aliphatic heterocycles. The molecule has 0 saturated carbocycles. The normalized spacial score (nSPS) is 21.8. The Balaban J connectivity index is 2.12. The van der Waals surface area contributed by atoms with E-state index in [2.05, 4.69) is 32.6 Å². The van der Waals surface area contributed by atoms with Gasteiger partial charge < -0.3 is 9.30 Å². The molecule has 0 aliphatic carbocycles. The van der Waals surface area contributed by atoms with E-state index in [0.717, 1.165) is 23.5 Å². The molecule has 1 aliphatic rings. The minimum absolute atomic E-state index is 0.166. The van der Waals surface area contributed by atoms with Gasteiger partial charge in [-0.1, -0.05) is 13.8 Å². The Hall–Kier alpha value is -1.93. The zero-order valence-corrected chi connectivity index (χ0v) is 16.5. The van der Waals surface area contributed by atoms with Gasteiger partial charge in [-0.2, -0.15) is 0 Å². The summed E-state index contributed by atoms with van der Waals surface area (Å²) in [6.45, 7) is 11.3. The van der Waals surface area contributed by atoms with Gasteiger partial charge in [-0.15, -0.1) is 0 Å². The lowest BCUT2D eigenvalue weighted by Gasteiger charge is -2.35. The lowest BCUT2D eigenvalue weighted by atomic mass is 10.2. The van der Waals surface area contributed by atoms with E-state index in [1.807, 2.05) is 4.57 Å². The van der Waals surface area contributed by atoms with E-state index in [9.17, 15) is 9.59 Å². The molecule has 0 spiro atoms. The summed E-state index contributed by atoms with van der Waals surface area (Å²) in [5, 5.41) is 0. The number of hydrogen-bond acceptors (Lipinski definition) is 5. The van der Waals surface area contributed by atoms with Gasteiger partial charge in [0.05, 0.1) is 18.8 Å². The van der Waals surface area contributed by atoms with E-state index in [0.29, 0.717) is 30.2 Å². The highest BCUT2D eigenvalue weighted by Gasteiger charge is 2.25. The quantitative estimate of drug-likeness (QED) is 0.799. The number of hydrogen-bond donors (Lipinski definition) is 0. The maximum Gasteiger partial charge on any atom is 0.332 e. The topological polar surface area (TPSA) is 74.3 Å². The first-order valence-electron chi connectivity index (χ1n) is 9.22. The van der Waals surface area contributed by atoms with Crippen LogP contribution in [0.3, 0.4) is 0 Å². The van der Waals surface area contributed by atoms with E-state index in [4.69, 9.17) is 9.72 Å². The number of nitrogens with zero attached hydrogens (tertiary/aromatic N) is 5. The first-order chi connectivity index (χ1) is 12.2. The molecule has 3 heterocycles. The molecule has 0 aromatic carbocycles. The third kappa shape index (κ3) is 3.35. The molecule has 3 rings (SSSR count). The Bertz CT molecular complexity index is 914. The summed E-state index contributed by atoms with van der Waals surface area (Å²) in [5.74, 6) is 1.18. The third-order valence-electron chi connectivity index (χ3n) is 4.84. The number of aromatic nitrogens is 4. The van der Waals surface area contributed by atoms with E-state index < -0.39 is 0 Å². The molecule has 0 N–H and O–H groups in total. The third-order valence-corrected chi connectivity index (χ3v) is 4.84. The highest BCUT2D eigenvalue weighted by atomic mass is 16.5. The summed E-state index contributed by atoms with van der Waals surface area (Å²) in [5.41, 5.74) is 0.332. The van der Waals surface area contributed by atoms with Gasteiger partial charge >= 0.3 is 5.69 Å². The molecular weight excluding hydrogens is 334 g/mol. The maximum atomic E-state index is 12.8. The molecule has 8 nitrogen and oxygen atoms in total. The van der Waals surface area contributed by atoms with Crippen molar-refractivity contribution in [3.63, 3.8) is 0 Å². The zero-order chi connectivity index (χ0) is 19.2. The van der Waals surface area contributed by atoms with Crippen LogP contribution in [-0.2, 0) is 31.9 Å². The van der Waals surface area contributed by atoms with E-state index >= 15 is 0 Å². The molecule has 0 unspecified atom stereocenters. The SMILES string of the molecule is CC(C)Cn1c(CN2C[C@H](C)O[C@@H](C)C2)nc2c1c(=O)n(C)c(=O)n2C. The summed E-state index contributed by atoms with van der Waals surface area (Å²) >= 11 is 0. The van der Waals surface area contributed by atoms with Crippen LogP contribution < -0.4 is 11.2 Å². The van der Waals surface area contributed by atoms with Crippen LogP contribution >= 0.6 is 0 Å². The lowest BCUT2D eigenvalue weighted by Crippen LogP contribution is -2.45. The van der Waals surface area contributed by atoms with Crippen LogP contribution in [0.5, 0.6) is 0 Å². The minimum atomic E-state index is -0.350. The second-order valence-electron chi connectivity index (χ2n) is 7.86. The van der Waals surface area contributed by atoms with E-state index in [1.165, 1.54) is 11.6 Å². The number of ether oxygens (including phenoxy) is 1. The number of fused-ring (bicyclic) bond motifs is 1. The Kier molecular flexibility index (Phi) is 5.07. The average molecular weight is 363 g/mol. The molecular formula is C18H29N5O3. The van der Waals surface area contributed by atoms with Gasteiger partial charge in [-0.3, -0.25) is 18.8 Å². The molecule has 1 saturated heterocycles. The monoisotopic (exact) mass is 363 g/mol. The van der Waals surface area contributed by atoms with Crippen molar-refractivity contribution in [3.8, 4) is 0 Å². The fourth-order valence-electron chi connectivity index (χ4n) is 3.79. The van der Waals surface area contributed by atoms with Crippen molar-refractivity contribution in [1.29, 1.82) is 0 Å². The summed E-state index contributed by atoms with van der Waals surface area (Å²) in [6, 6.07) is 0. The Morgan fingerprint density at radius 2 is 1.73 bits per heavy atom. The highest BCUT2D eigenvalue weighted by molar-refractivity contribution is 5.71. The first-order valence-corrected chi connectivity index (χ1v) is 9.22. The average Bonchev–Trinajstić information content (AvgIpc) is 2.88. The summed E-state index contributed by atoms with van der Waals surface area (Å²) in [6.07, 6.45) is 0.331. The smallest absolute Gasteiger partial charge is 0.332 e. The van der Waals surface area contributed by atoms with Gasteiger partial charge in [0, 0.05) is 33.7 Å². The highest BCUT2D eigenvalue weighted by Crippen LogP contribution is 2.18. The Labute approximate surface area is 153 Å². The second-order valence-corrected chi connectivity index (χ2v) is 7.86. The molecule has 2 atom stereocenters. The maximum absolute atomic E-state index is 12.8. The van der Waals surface area contributed by atoms with Crippen LogP contribution in [0, 0.1) is 5.92 Å². The number of imidazole rings is 1. The van der Waals surface area contributed by atoms with Gasteiger partial charge in [0.25, 0.3) is 5.56 Å². The van der Waals surface area contributed by atoms with Crippen molar-refractivity contribution < 1.29 is 4.74 Å². The van der Waals surface area contributed by atoms with E-state index in [1.54, 1.807) is 7.05 Å². The molecule has 0 radical (unpaired) electrons. The van der Waals surface area contributed by atoms with Gasteiger partial charge in [0.15, 0.2) is 11.2 Å². The van der Waals surface area contributed by atoms with Gasteiger partial charge in [-0.25, -0.2) is 9.78 Å². The van der Waals surface area contributed by atoms with Crippen molar-refractivity contribution in [2.75, 3.05) is 13.1 Å². The second kappa shape index (κ2) is 7.00. The van der Waals surface area contributed by atoms with Gasteiger partial charge in [0.2, 0.25) is 0 Å². The van der Waals surface area contributed by atoms with Crippen molar-refractivity contribution in [1.82, 2.24) is 23.6 Å². The predicted molar refractivity (Wildman–Crippen MR) is 100 cm³/mol. The molecule has 26 heavy (non-hydrogen) atoms. The van der Waals surface area contributed by atoms with Crippen molar-refractivity contribution in [2.45, 2.75) is 53.0 Å². The molecule has 0 bridgehead atoms. The largest absolute Gasteiger partial charge is 0.373 e. The summed E-state index contributed by atoms with van der Waals surface area (Å²) in [7, 11) is 3.18. The van der Waals surface area contributed by atoms with Gasteiger partial charge in [0.1, 0.15) is 5.82 Å². The molecule has 2 aromatic heterocycles. The van der Waals surface area contributed by atoms with Gasteiger partial charge in [-0.05, 0) is 19.8 Å². The Morgan fingerprint density at radius 3 is 2.31 bits per heavy atom. The standard InChI is InChI=1S/C18H29N5O3/c1-11(2)7-23-14(10-22-8-12(3)26-13(4)9-22)19-16-15(23)17(24)21(6)18(25)20(16)5/h11-13H,7-10H2,1-6H3/t12-,13-/m0/s1. The Morgan fingerprint density at radius 1 is 1.12 bits per heavy atom. The minimum Gasteiger partial charge on any atom is -0.373 e. The van der Waals surface area contributed by atoms with Crippen molar-refractivity contribution in [3.05, 3.63) is 26.7 Å². The van der Waals surface area contributed by atoms with Crippen LogP contribution in [0.25, 0.3) is 11.2 Å². The fourth-order valence-corrected chi connectivity index (χ4v) is 3.79. The molecule has 1 fully saturated rings. The van der Waals surface area contributed by atoms with Crippen LogP contribution in [0.4, 0.5) is 0 Å². The number of rotatable bonds is 4. The molecule has 2 aromatic rings. The van der Waals surface area contributed by atoms with Crippen LogP contribution in [0.1, 0.15) is 33.5 Å². The summed E-state index contributed by atoms with van der Waals surface area (Å²) in [4.78, 5) is 32.0. The molecule has 144 valence electrons. The molecule has 0 amide bonds. The number of aryl methyl sites for hydroxylation is 1. The summed E-state index contributed by atoms with van der Waals surface area (Å²) < 4.78 is 10.4. The van der Waals surface area contributed by atoms with Crippen LogP contribution in [0.15, 0.2) is 9.59 Å². The van der Waals surface area contributed by atoms with E-state index in [-0.39, 0.29) is 23.5 Å². The predicted octanol–water partition coefficient (Wildman–Crippen LogP) is 0.699. The zero-order valence-electron chi connectivity index (χ0n) is 16.5.